The molecule has 0 amide bonds. The first-order valence-corrected chi connectivity index (χ1v) is 16.2. The second kappa shape index (κ2) is 17.6. The molecule has 4 rings (SSSR count). The van der Waals surface area contributed by atoms with Gasteiger partial charge in [-0.2, -0.15) is 0 Å². The van der Waals surface area contributed by atoms with Crippen molar-refractivity contribution >= 4 is 5.78 Å². The summed E-state index contributed by atoms with van der Waals surface area (Å²) in [6.45, 7) is 7.65. The summed E-state index contributed by atoms with van der Waals surface area (Å²) in [4.78, 5) is 13.5. The quantitative estimate of drug-likeness (QED) is 0.104. The summed E-state index contributed by atoms with van der Waals surface area (Å²) in [5.41, 5.74) is 2.40. The van der Waals surface area contributed by atoms with Crippen molar-refractivity contribution in [1.29, 1.82) is 0 Å². The first-order chi connectivity index (χ1) is 22.7. The van der Waals surface area contributed by atoms with Crippen LogP contribution in [0, 0.1) is 5.41 Å². The zero-order valence-corrected chi connectivity index (χ0v) is 28.6. The lowest BCUT2D eigenvalue weighted by molar-refractivity contribution is -0.286. The Morgan fingerprint density at radius 2 is 1.40 bits per heavy atom. The van der Waals surface area contributed by atoms with E-state index in [2.05, 4.69) is 0 Å². The normalized spacial score (nSPS) is 19.9. The van der Waals surface area contributed by atoms with Crippen molar-refractivity contribution in [2.45, 2.75) is 84.0 Å². The lowest BCUT2D eigenvalue weighted by Gasteiger charge is -2.47. The Labute approximate surface area is 279 Å². The smallest absolute Gasteiger partial charge is 0.237 e. The first kappa shape index (κ1) is 36.3. The Morgan fingerprint density at radius 3 is 2.00 bits per heavy atom. The van der Waals surface area contributed by atoms with Gasteiger partial charge in [-0.3, -0.25) is 4.79 Å². The van der Waals surface area contributed by atoms with Gasteiger partial charge in [0, 0.05) is 25.4 Å². The Kier molecular flexibility index (Phi) is 13.6. The number of ketones is 1. The SMILES string of the molecule is COc1ccc(COC/C=C/C(C)(C)[C@]2(OC)O[C@H](C[C@@H](OCc3ccc(OC)cc3)[C@@H](C)OCc3ccccc3)CCC2=O)cc1. The van der Waals surface area contributed by atoms with Crippen LogP contribution in [0.3, 0.4) is 0 Å². The predicted molar refractivity (Wildman–Crippen MR) is 181 cm³/mol. The maximum atomic E-state index is 13.5. The van der Waals surface area contributed by atoms with E-state index in [4.69, 9.17) is 33.2 Å². The molecule has 0 radical (unpaired) electrons. The number of carbonyl (C=O) groups is 1. The summed E-state index contributed by atoms with van der Waals surface area (Å²) in [5, 5.41) is 0. The summed E-state index contributed by atoms with van der Waals surface area (Å²) >= 11 is 0. The Bertz CT molecular complexity index is 1390. The highest BCUT2D eigenvalue weighted by Gasteiger charge is 2.55. The summed E-state index contributed by atoms with van der Waals surface area (Å²) in [5.74, 6) is 0.0764. The van der Waals surface area contributed by atoms with Crippen molar-refractivity contribution in [2.75, 3.05) is 27.9 Å². The van der Waals surface area contributed by atoms with E-state index in [1.807, 2.05) is 112 Å². The molecule has 0 unspecified atom stereocenters. The van der Waals surface area contributed by atoms with Crippen LogP contribution >= 0.6 is 0 Å². The zero-order valence-electron chi connectivity index (χ0n) is 28.6. The van der Waals surface area contributed by atoms with Crippen molar-refractivity contribution in [2.24, 2.45) is 5.41 Å². The number of hydrogen-bond donors (Lipinski definition) is 0. The van der Waals surface area contributed by atoms with Crippen LogP contribution in [0.15, 0.2) is 91.0 Å². The van der Waals surface area contributed by atoms with Crippen LogP contribution in [0.5, 0.6) is 11.5 Å². The molecule has 47 heavy (non-hydrogen) atoms. The van der Waals surface area contributed by atoms with Gasteiger partial charge >= 0.3 is 0 Å². The first-order valence-electron chi connectivity index (χ1n) is 16.2. The van der Waals surface area contributed by atoms with Gasteiger partial charge in [-0.15, -0.1) is 0 Å². The average molecular weight is 647 g/mol. The molecule has 0 bridgehead atoms. The average Bonchev–Trinajstić information content (AvgIpc) is 3.10. The molecule has 1 fully saturated rings. The number of benzene rings is 3. The Morgan fingerprint density at radius 1 is 0.830 bits per heavy atom. The van der Waals surface area contributed by atoms with E-state index in [0.29, 0.717) is 45.7 Å². The fourth-order valence-electron chi connectivity index (χ4n) is 5.83. The molecule has 1 heterocycles. The number of Topliss-reactive ketones (excluding diaryl/α,β-unsaturated/α-hetero) is 1. The topological polar surface area (TPSA) is 81.7 Å². The summed E-state index contributed by atoms with van der Waals surface area (Å²) in [6, 6.07) is 25.7. The zero-order chi connectivity index (χ0) is 33.7. The molecule has 1 aliphatic heterocycles. The monoisotopic (exact) mass is 646 g/mol. The van der Waals surface area contributed by atoms with Crippen LogP contribution in [0.1, 0.15) is 56.7 Å². The second-order valence-electron chi connectivity index (χ2n) is 12.4. The molecule has 0 saturated carbocycles. The maximum Gasteiger partial charge on any atom is 0.237 e. The molecule has 1 aliphatic rings. The third kappa shape index (κ3) is 9.98. The standard InChI is InChI=1S/C39H50O8/c1-29(45-27-30-11-8-7-9-12-30)36(46-28-32-15-19-34(42-5)20-16-32)25-35-21-22-37(40)39(43-6,47-35)38(2,3)23-10-24-44-26-31-13-17-33(41-4)18-14-31/h7-20,23,29,35-36H,21-22,24-28H2,1-6H3/b23-10+/t29-,35+,36-,39-/m1/s1. The lowest BCUT2D eigenvalue weighted by Crippen LogP contribution is -2.59. The van der Waals surface area contributed by atoms with E-state index in [1.165, 1.54) is 0 Å². The van der Waals surface area contributed by atoms with Crippen molar-refractivity contribution in [1.82, 2.24) is 0 Å². The van der Waals surface area contributed by atoms with Crippen molar-refractivity contribution in [3.63, 3.8) is 0 Å². The largest absolute Gasteiger partial charge is 0.497 e. The fraction of sp³-hybridized carbons (Fsp3) is 0.462. The van der Waals surface area contributed by atoms with Gasteiger partial charge < -0.3 is 33.2 Å². The van der Waals surface area contributed by atoms with E-state index in [-0.39, 0.29) is 24.1 Å². The van der Waals surface area contributed by atoms with E-state index in [0.717, 1.165) is 28.2 Å². The minimum Gasteiger partial charge on any atom is -0.497 e. The molecule has 8 heteroatoms. The minimum absolute atomic E-state index is 0.0749. The van der Waals surface area contributed by atoms with Gasteiger partial charge in [0.25, 0.3) is 0 Å². The Balaban J connectivity index is 1.42. The molecule has 0 aliphatic carbocycles. The van der Waals surface area contributed by atoms with E-state index in [9.17, 15) is 4.79 Å². The van der Waals surface area contributed by atoms with Crippen LogP contribution in [-0.2, 0) is 48.3 Å². The number of carbonyl (C=O) groups excluding carboxylic acids is 1. The van der Waals surface area contributed by atoms with Crippen molar-refractivity contribution in [3.8, 4) is 11.5 Å². The lowest BCUT2D eigenvalue weighted by atomic mass is 9.77. The molecule has 0 aromatic heterocycles. The van der Waals surface area contributed by atoms with Crippen LogP contribution in [0.2, 0.25) is 0 Å². The minimum atomic E-state index is -1.45. The number of ether oxygens (including phenoxy) is 7. The maximum absolute atomic E-state index is 13.5. The van der Waals surface area contributed by atoms with Crippen molar-refractivity contribution in [3.05, 3.63) is 108 Å². The van der Waals surface area contributed by atoms with E-state index < -0.39 is 11.2 Å². The van der Waals surface area contributed by atoms with E-state index >= 15 is 0 Å². The molecular formula is C39H50O8. The van der Waals surface area contributed by atoms with Gasteiger partial charge in [0.05, 0.1) is 59.0 Å². The molecule has 3 aromatic carbocycles. The highest BCUT2D eigenvalue weighted by atomic mass is 16.7. The van der Waals surface area contributed by atoms with Crippen LogP contribution < -0.4 is 9.47 Å². The molecule has 0 N–H and O–H groups in total. The Hall–Kier alpha value is -3.53. The molecule has 4 atom stereocenters. The summed E-state index contributed by atoms with van der Waals surface area (Å²) in [7, 11) is 4.84. The van der Waals surface area contributed by atoms with Gasteiger partial charge in [-0.05, 0) is 54.3 Å². The fourth-order valence-corrected chi connectivity index (χ4v) is 5.83. The summed E-state index contributed by atoms with van der Waals surface area (Å²) in [6.07, 6.45) is 4.52. The third-order valence-corrected chi connectivity index (χ3v) is 8.70. The van der Waals surface area contributed by atoms with E-state index in [1.54, 1.807) is 21.3 Å². The predicted octanol–water partition coefficient (Wildman–Crippen LogP) is 7.47. The highest BCUT2D eigenvalue weighted by Crippen LogP contribution is 2.43. The van der Waals surface area contributed by atoms with Crippen LogP contribution in [-0.4, -0.2) is 57.8 Å². The second-order valence-corrected chi connectivity index (χ2v) is 12.4. The highest BCUT2D eigenvalue weighted by molar-refractivity contribution is 5.87. The molecule has 254 valence electrons. The van der Waals surface area contributed by atoms with Crippen LogP contribution in [0.25, 0.3) is 0 Å². The number of methoxy groups -OCH3 is 3. The van der Waals surface area contributed by atoms with Gasteiger partial charge in [0.2, 0.25) is 5.79 Å². The molecule has 1 saturated heterocycles. The molecule has 0 spiro atoms. The van der Waals surface area contributed by atoms with Gasteiger partial charge in [-0.1, -0.05) is 80.6 Å². The number of rotatable bonds is 18. The summed E-state index contributed by atoms with van der Waals surface area (Å²) < 4.78 is 41.8. The van der Waals surface area contributed by atoms with Gasteiger partial charge in [-0.25, -0.2) is 0 Å². The number of hydrogen-bond acceptors (Lipinski definition) is 8. The molecule has 8 nitrogen and oxygen atoms in total. The molecule has 3 aromatic rings. The van der Waals surface area contributed by atoms with Crippen molar-refractivity contribution < 1.29 is 38.0 Å². The third-order valence-electron chi connectivity index (χ3n) is 8.70. The molecular weight excluding hydrogens is 596 g/mol. The van der Waals surface area contributed by atoms with Gasteiger partial charge in [0.1, 0.15) is 11.5 Å². The van der Waals surface area contributed by atoms with Crippen LogP contribution in [0.4, 0.5) is 0 Å². The van der Waals surface area contributed by atoms with Gasteiger partial charge in [0.15, 0.2) is 5.78 Å².